The lowest BCUT2D eigenvalue weighted by Gasteiger charge is -2.10. The number of fused-ring (bicyclic) bond motifs is 1. The lowest BCUT2D eigenvalue weighted by molar-refractivity contribution is 0.417. The number of anilines is 3. The number of nitrogens with one attached hydrogen (secondary N) is 1. The molecule has 0 spiro atoms. The van der Waals surface area contributed by atoms with Gasteiger partial charge in [0, 0.05) is 5.39 Å². The predicted molar refractivity (Wildman–Crippen MR) is 80.2 cm³/mol. The van der Waals surface area contributed by atoms with Crippen LogP contribution in [-0.2, 0) is 0 Å². The zero-order valence-corrected chi connectivity index (χ0v) is 11.0. The molecule has 3 aromatic rings. The highest BCUT2D eigenvalue weighted by Crippen LogP contribution is 2.27. The quantitative estimate of drug-likeness (QED) is 0.762. The Bertz CT molecular complexity index is 758. The monoisotopic (exact) mass is 266 g/mol. The molecule has 3 rings (SSSR count). The number of nitrogen functional groups attached to an aromatic ring is 1. The first-order valence-corrected chi connectivity index (χ1v) is 6.20. The van der Waals surface area contributed by atoms with Crippen molar-refractivity contribution in [3.05, 3.63) is 48.5 Å². The summed E-state index contributed by atoms with van der Waals surface area (Å²) in [4.78, 5) is 8.72. The van der Waals surface area contributed by atoms with Crippen molar-refractivity contribution in [1.29, 1.82) is 0 Å². The highest BCUT2D eigenvalue weighted by molar-refractivity contribution is 5.89. The van der Waals surface area contributed by atoms with E-state index in [1.807, 2.05) is 48.5 Å². The summed E-state index contributed by atoms with van der Waals surface area (Å²) < 4.78 is 5.29. The maximum absolute atomic E-state index is 5.96. The molecule has 0 aliphatic carbocycles. The topological polar surface area (TPSA) is 73.1 Å². The molecule has 0 unspecified atom stereocenters. The molecule has 1 aromatic heterocycles. The van der Waals surface area contributed by atoms with Crippen LogP contribution in [0.15, 0.2) is 48.5 Å². The molecule has 0 aliphatic heterocycles. The van der Waals surface area contributed by atoms with Gasteiger partial charge in [-0.25, -0.2) is 4.98 Å². The first-order valence-electron chi connectivity index (χ1n) is 6.20. The van der Waals surface area contributed by atoms with Gasteiger partial charge in [0.05, 0.1) is 18.3 Å². The number of rotatable bonds is 3. The summed E-state index contributed by atoms with van der Waals surface area (Å²) in [7, 11) is 1.62. The van der Waals surface area contributed by atoms with Crippen molar-refractivity contribution < 1.29 is 4.74 Å². The van der Waals surface area contributed by atoms with Gasteiger partial charge in [-0.05, 0) is 24.3 Å². The van der Waals surface area contributed by atoms with E-state index in [4.69, 9.17) is 10.5 Å². The van der Waals surface area contributed by atoms with E-state index in [2.05, 4.69) is 15.3 Å². The summed E-state index contributed by atoms with van der Waals surface area (Å²) in [5.41, 5.74) is 7.56. The fraction of sp³-hybridized carbons (Fsp3) is 0.0667. The van der Waals surface area contributed by atoms with Crippen LogP contribution in [-0.4, -0.2) is 17.1 Å². The number of aromatic nitrogens is 2. The van der Waals surface area contributed by atoms with Crippen LogP contribution < -0.4 is 15.8 Å². The molecule has 0 saturated carbocycles. The van der Waals surface area contributed by atoms with E-state index in [1.54, 1.807) is 7.11 Å². The van der Waals surface area contributed by atoms with Gasteiger partial charge in [0.15, 0.2) is 0 Å². The Hall–Kier alpha value is -2.82. The Balaban J connectivity index is 2.03. The van der Waals surface area contributed by atoms with Gasteiger partial charge in [-0.3, -0.25) is 0 Å². The standard InChI is InChI=1S/C15H14N4O/c1-20-13-9-5-4-8-12(13)18-15-17-11-7-3-2-6-10(11)14(16)19-15/h2-9H,1H3,(H3,16,17,18,19). The van der Waals surface area contributed by atoms with E-state index in [0.717, 1.165) is 22.3 Å². The van der Waals surface area contributed by atoms with Crippen LogP contribution in [0.2, 0.25) is 0 Å². The van der Waals surface area contributed by atoms with Crippen LogP contribution >= 0.6 is 0 Å². The molecule has 0 radical (unpaired) electrons. The highest BCUT2D eigenvalue weighted by Gasteiger charge is 2.07. The van der Waals surface area contributed by atoms with E-state index < -0.39 is 0 Å². The molecule has 0 bridgehead atoms. The lowest BCUT2D eigenvalue weighted by atomic mass is 10.2. The highest BCUT2D eigenvalue weighted by atomic mass is 16.5. The van der Waals surface area contributed by atoms with Crippen molar-refractivity contribution in [1.82, 2.24) is 9.97 Å². The van der Waals surface area contributed by atoms with Gasteiger partial charge in [0.25, 0.3) is 0 Å². The van der Waals surface area contributed by atoms with Gasteiger partial charge in [-0.1, -0.05) is 24.3 Å². The minimum absolute atomic E-state index is 0.450. The molecule has 0 fully saturated rings. The number of ether oxygens (including phenoxy) is 1. The normalized spacial score (nSPS) is 10.4. The summed E-state index contributed by atoms with van der Waals surface area (Å²) >= 11 is 0. The maximum Gasteiger partial charge on any atom is 0.229 e. The third kappa shape index (κ3) is 2.21. The molecule has 3 N–H and O–H groups in total. The number of nitrogens with two attached hydrogens (primary N) is 1. The molecule has 0 aliphatic rings. The largest absolute Gasteiger partial charge is 0.495 e. The second-order valence-corrected chi connectivity index (χ2v) is 4.27. The van der Waals surface area contributed by atoms with Crippen LogP contribution in [0.25, 0.3) is 10.9 Å². The molecule has 0 saturated heterocycles. The summed E-state index contributed by atoms with van der Waals surface area (Å²) in [6, 6.07) is 15.2. The van der Waals surface area contributed by atoms with Crippen LogP contribution in [0.4, 0.5) is 17.5 Å². The average molecular weight is 266 g/mol. The second kappa shape index (κ2) is 5.05. The van der Waals surface area contributed by atoms with Crippen LogP contribution in [0, 0.1) is 0 Å². The first-order chi connectivity index (χ1) is 9.78. The Labute approximate surface area is 116 Å². The van der Waals surface area contributed by atoms with Crippen molar-refractivity contribution in [2.45, 2.75) is 0 Å². The van der Waals surface area contributed by atoms with E-state index in [-0.39, 0.29) is 0 Å². The molecule has 0 atom stereocenters. The summed E-state index contributed by atoms with van der Waals surface area (Å²) in [6.07, 6.45) is 0. The Morgan fingerprint density at radius 1 is 1.00 bits per heavy atom. The van der Waals surface area contributed by atoms with Crippen molar-refractivity contribution in [3.8, 4) is 5.75 Å². The fourth-order valence-corrected chi connectivity index (χ4v) is 2.03. The molecular weight excluding hydrogens is 252 g/mol. The molecule has 1 heterocycles. The third-order valence-electron chi connectivity index (χ3n) is 2.99. The summed E-state index contributed by atoms with van der Waals surface area (Å²) in [6.45, 7) is 0. The average Bonchev–Trinajstić information content (AvgIpc) is 2.48. The first kappa shape index (κ1) is 12.2. The molecule has 0 amide bonds. The second-order valence-electron chi connectivity index (χ2n) is 4.27. The van der Waals surface area contributed by atoms with E-state index in [1.165, 1.54) is 0 Å². The van der Waals surface area contributed by atoms with E-state index in [0.29, 0.717) is 11.8 Å². The van der Waals surface area contributed by atoms with Gasteiger partial charge in [0.2, 0.25) is 5.95 Å². The van der Waals surface area contributed by atoms with Gasteiger partial charge >= 0.3 is 0 Å². The predicted octanol–water partition coefficient (Wildman–Crippen LogP) is 2.96. The van der Waals surface area contributed by atoms with Gasteiger partial charge in [-0.15, -0.1) is 0 Å². The molecule has 100 valence electrons. The van der Waals surface area contributed by atoms with E-state index >= 15 is 0 Å². The van der Waals surface area contributed by atoms with Gasteiger partial charge in [-0.2, -0.15) is 4.98 Å². The zero-order valence-electron chi connectivity index (χ0n) is 11.0. The number of hydrogen-bond donors (Lipinski definition) is 2. The SMILES string of the molecule is COc1ccccc1Nc1nc(N)c2ccccc2n1. The number of hydrogen-bond acceptors (Lipinski definition) is 5. The smallest absolute Gasteiger partial charge is 0.229 e. The number of methoxy groups -OCH3 is 1. The molecule has 2 aromatic carbocycles. The maximum atomic E-state index is 5.96. The van der Waals surface area contributed by atoms with Crippen molar-refractivity contribution >= 4 is 28.4 Å². The Morgan fingerprint density at radius 2 is 1.75 bits per heavy atom. The fourth-order valence-electron chi connectivity index (χ4n) is 2.03. The molecule has 5 nitrogen and oxygen atoms in total. The van der Waals surface area contributed by atoms with Crippen LogP contribution in [0.3, 0.4) is 0 Å². The molecule has 20 heavy (non-hydrogen) atoms. The zero-order chi connectivity index (χ0) is 13.9. The van der Waals surface area contributed by atoms with Crippen molar-refractivity contribution in [3.63, 3.8) is 0 Å². The Kier molecular flexibility index (Phi) is 3.09. The Morgan fingerprint density at radius 3 is 2.60 bits per heavy atom. The third-order valence-corrected chi connectivity index (χ3v) is 2.99. The number of para-hydroxylation sites is 3. The van der Waals surface area contributed by atoms with Gasteiger partial charge in [0.1, 0.15) is 11.6 Å². The van der Waals surface area contributed by atoms with Crippen LogP contribution in [0.1, 0.15) is 0 Å². The minimum atomic E-state index is 0.450. The van der Waals surface area contributed by atoms with Crippen molar-refractivity contribution in [2.75, 3.05) is 18.2 Å². The minimum Gasteiger partial charge on any atom is -0.495 e. The molecule has 5 heteroatoms. The lowest BCUT2D eigenvalue weighted by Crippen LogP contribution is -2.02. The van der Waals surface area contributed by atoms with Crippen LogP contribution in [0.5, 0.6) is 5.75 Å². The summed E-state index contributed by atoms with van der Waals surface area (Å²) in [5, 5.41) is 3.97. The summed E-state index contributed by atoms with van der Waals surface area (Å²) in [5.74, 6) is 1.63. The number of benzene rings is 2. The number of nitrogens with zero attached hydrogens (tertiary/aromatic N) is 2. The van der Waals surface area contributed by atoms with Gasteiger partial charge < -0.3 is 15.8 Å². The molecular formula is C15H14N4O. The van der Waals surface area contributed by atoms with E-state index in [9.17, 15) is 0 Å². The van der Waals surface area contributed by atoms with Crippen molar-refractivity contribution in [2.24, 2.45) is 0 Å².